The average molecular weight is 473 g/mol. The fourth-order valence-corrected chi connectivity index (χ4v) is 4.41. The van der Waals surface area contributed by atoms with Crippen molar-refractivity contribution >= 4 is 23.6 Å². The minimum absolute atomic E-state index is 0.0609. The lowest BCUT2D eigenvalue weighted by molar-refractivity contribution is -0.140. The zero-order valence-electron chi connectivity index (χ0n) is 18.2. The second-order valence-electron chi connectivity index (χ2n) is 8.47. The molecule has 2 heterocycles. The van der Waals surface area contributed by atoms with E-state index in [1.54, 1.807) is 31.2 Å². The van der Waals surface area contributed by atoms with Crippen LogP contribution in [0.25, 0.3) is 0 Å². The van der Waals surface area contributed by atoms with Crippen molar-refractivity contribution in [3.8, 4) is 0 Å². The number of alkyl halides is 3. The number of nitrogens with one attached hydrogen (secondary N) is 2. The number of halogens is 3. The highest BCUT2D eigenvalue weighted by atomic mass is 19.4. The number of carbonyl (C=O) groups excluding carboxylic acids is 4. The highest BCUT2D eigenvalue weighted by Crippen LogP contribution is 2.32. The summed E-state index contributed by atoms with van der Waals surface area (Å²) in [5.41, 5.74) is 1.90. The van der Waals surface area contributed by atoms with E-state index in [4.69, 9.17) is 0 Å². The van der Waals surface area contributed by atoms with Gasteiger partial charge in [-0.2, -0.15) is 13.2 Å². The zero-order valence-corrected chi connectivity index (χ0v) is 18.2. The van der Waals surface area contributed by atoms with Gasteiger partial charge < -0.3 is 10.2 Å². The molecule has 1 fully saturated rings. The van der Waals surface area contributed by atoms with Crippen molar-refractivity contribution in [1.82, 2.24) is 15.5 Å². The summed E-state index contributed by atoms with van der Waals surface area (Å²) in [5, 5.41) is 4.69. The SMILES string of the molecule is Cc1ccccc1C(CC(F)(F)F)NC(=O)c1ccc2c(c1)CN(C1CCC(=O)NC1=O)C2=O. The van der Waals surface area contributed by atoms with Crippen LogP contribution >= 0.6 is 0 Å². The van der Waals surface area contributed by atoms with Gasteiger partial charge in [0.1, 0.15) is 6.04 Å². The second kappa shape index (κ2) is 8.92. The standard InChI is InChI=1S/C24H22F3N3O4/c1-13-4-2-3-5-16(13)18(11-24(25,26)27)28-21(32)14-6-7-17-15(10-14)12-30(23(17)34)19-8-9-20(31)29-22(19)33/h2-7,10,18-19H,8-9,11-12H2,1H3,(H,28,32)(H,29,31,33). The fraction of sp³-hybridized carbons (Fsp3) is 0.333. The molecule has 10 heteroatoms. The Morgan fingerprint density at radius 2 is 1.91 bits per heavy atom. The minimum atomic E-state index is -4.49. The predicted octanol–water partition coefficient (Wildman–Crippen LogP) is 3.18. The molecule has 0 aromatic heterocycles. The zero-order chi connectivity index (χ0) is 24.6. The number of imide groups is 1. The van der Waals surface area contributed by atoms with E-state index in [0.29, 0.717) is 22.3 Å². The number of hydrogen-bond acceptors (Lipinski definition) is 4. The Labute approximate surface area is 193 Å². The molecule has 4 rings (SSSR count). The minimum Gasteiger partial charge on any atom is -0.345 e. The predicted molar refractivity (Wildman–Crippen MR) is 115 cm³/mol. The highest BCUT2D eigenvalue weighted by molar-refractivity contribution is 6.06. The van der Waals surface area contributed by atoms with Gasteiger partial charge in [-0.05, 0) is 48.2 Å². The van der Waals surface area contributed by atoms with Crippen LogP contribution in [-0.4, -0.2) is 40.7 Å². The van der Waals surface area contributed by atoms with Crippen molar-refractivity contribution in [2.75, 3.05) is 0 Å². The second-order valence-corrected chi connectivity index (χ2v) is 8.47. The van der Waals surface area contributed by atoms with Gasteiger partial charge in [0, 0.05) is 24.1 Å². The van der Waals surface area contributed by atoms with Gasteiger partial charge in [0.25, 0.3) is 11.8 Å². The molecule has 0 radical (unpaired) electrons. The van der Waals surface area contributed by atoms with Crippen LogP contribution in [0, 0.1) is 6.92 Å². The molecule has 2 aliphatic heterocycles. The maximum absolute atomic E-state index is 13.2. The first-order chi connectivity index (χ1) is 16.0. The molecule has 2 aliphatic rings. The molecular weight excluding hydrogens is 451 g/mol. The summed E-state index contributed by atoms with van der Waals surface area (Å²) >= 11 is 0. The first-order valence-electron chi connectivity index (χ1n) is 10.7. The summed E-state index contributed by atoms with van der Waals surface area (Å²) in [5.74, 6) is -2.05. The molecule has 0 spiro atoms. The number of piperidine rings is 1. The molecular formula is C24H22F3N3O4. The van der Waals surface area contributed by atoms with Crippen LogP contribution in [0.1, 0.15) is 62.7 Å². The molecule has 0 aliphatic carbocycles. The van der Waals surface area contributed by atoms with Gasteiger partial charge in [-0.25, -0.2) is 0 Å². The number of aryl methyl sites for hydroxylation is 1. The van der Waals surface area contributed by atoms with Gasteiger partial charge in [0.15, 0.2) is 0 Å². The smallest absolute Gasteiger partial charge is 0.345 e. The van der Waals surface area contributed by atoms with E-state index in [9.17, 15) is 32.3 Å². The highest BCUT2D eigenvalue weighted by Gasteiger charge is 2.39. The third-order valence-corrected chi connectivity index (χ3v) is 6.09. The molecule has 4 amide bonds. The number of nitrogens with zero attached hydrogens (tertiary/aromatic N) is 1. The van der Waals surface area contributed by atoms with E-state index in [0.717, 1.165) is 0 Å². The molecule has 7 nitrogen and oxygen atoms in total. The van der Waals surface area contributed by atoms with E-state index in [2.05, 4.69) is 10.6 Å². The van der Waals surface area contributed by atoms with Crippen LogP contribution in [0.4, 0.5) is 13.2 Å². The Balaban J connectivity index is 1.54. The van der Waals surface area contributed by atoms with Crippen LogP contribution in [0.3, 0.4) is 0 Å². The van der Waals surface area contributed by atoms with Crippen molar-refractivity contribution in [2.24, 2.45) is 0 Å². The van der Waals surface area contributed by atoms with Gasteiger partial charge >= 0.3 is 6.18 Å². The van der Waals surface area contributed by atoms with E-state index < -0.39 is 48.3 Å². The number of benzene rings is 2. The molecule has 2 N–H and O–H groups in total. The average Bonchev–Trinajstić information content (AvgIpc) is 3.08. The maximum atomic E-state index is 13.2. The molecule has 178 valence electrons. The fourth-order valence-electron chi connectivity index (χ4n) is 4.41. The van der Waals surface area contributed by atoms with Crippen LogP contribution < -0.4 is 10.6 Å². The third kappa shape index (κ3) is 4.80. The van der Waals surface area contributed by atoms with Crippen molar-refractivity contribution in [3.63, 3.8) is 0 Å². The summed E-state index contributed by atoms with van der Waals surface area (Å²) in [6, 6.07) is 8.74. The van der Waals surface area contributed by atoms with Crippen LogP contribution in [-0.2, 0) is 16.1 Å². The Morgan fingerprint density at radius 3 is 2.59 bits per heavy atom. The largest absolute Gasteiger partial charge is 0.391 e. The van der Waals surface area contributed by atoms with Crippen molar-refractivity contribution in [2.45, 2.75) is 51.0 Å². The molecule has 2 atom stereocenters. The molecule has 0 bridgehead atoms. The quantitative estimate of drug-likeness (QED) is 0.652. The summed E-state index contributed by atoms with van der Waals surface area (Å²) in [4.78, 5) is 50.6. The van der Waals surface area contributed by atoms with Crippen molar-refractivity contribution < 1.29 is 32.3 Å². The lowest BCUT2D eigenvalue weighted by Crippen LogP contribution is -2.52. The topological polar surface area (TPSA) is 95.6 Å². The summed E-state index contributed by atoms with van der Waals surface area (Å²) < 4.78 is 39.7. The van der Waals surface area contributed by atoms with Gasteiger partial charge in [0.05, 0.1) is 12.5 Å². The first kappa shape index (κ1) is 23.5. The lowest BCUT2D eigenvalue weighted by Gasteiger charge is -2.29. The van der Waals surface area contributed by atoms with Crippen molar-refractivity contribution in [3.05, 3.63) is 70.3 Å². The number of carbonyl (C=O) groups is 4. The third-order valence-electron chi connectivity index (χ3n) is 6.09. The molecule has 2 aromatic rings. The van der Waals surface area contributed by atoms with E-state index in [1.165, 1.54) is 23.1 Å². The Bertz CT molecular complexity index is 1180. The van der Waals surface area contributed by atoms with Crippen LogP contribution in [0.5, 0.6) is 0 Å². The summed E-state index contributed by atoms with van der Waals surface area (Å²) in [6.07, 6.45) is -5.40. The van der Waals surface area contributed by atoms with Crippen LogP contribution in [0.2, 0.25) is 0 Å². The van der Waals surface area contributed by atoms with Gasteiger partial charge in [-0.1, -0.05) is 24.3 Å². The molecule has 2 unspecified atom stereocenters. The van der Waals surface area contributed by atoms with Gasteiger partial charge in [-0.15, -0.1) is 0 Å². The monoisotopic (exact) mass is 473 g/mol. The Hall–Kier alpha value is -3.69. The van der Waals surface area contributed by atoms with Gasteiger partial charge in [-0.3, -0.25) is 24.5 Å². The molecule has 0 saturated carbocycles. The Kier molecular flexibility index (Phi) is 6.16. The first-order valence-corrected chi connectivity index (χ1v) is 10.7. The maximum Gasteiger partial charge on any atom is 0.391 e. The number of fused-ring (bicyclic) bond motifs is 1. The molecule has 1 saturated heterocycles. The van der Waals surface area contributed by atoms with E-state index in [-0.39, 0.29) is 24.9 Å². The van der Waals surface area contributed by atoms with Crippen LogP contribution in [0.15, 0.2) is 42.5 Å². The number of hydrogen-bond donors (Lipinski definition) is 2. The van der Waals surface area contributed by atoms with Crippen molar-refractivity contribution in [1.29, 1.82) is 0 Å². The molecule has 2 aromatic carbocycles. The summed E-state index contributed by atoms with van der Waals surface area (Å²) in [6.45, 7) is 1.74. The number of amides is 4. The van der Waals surface area contributed by atoms with Gasteiger partial charge in [0.2, 0.25) is 11.8 Å². The normalized spacial score (nSPS) is 19.0. The van der Waals surface area contributed by atoms with E-state index >= 15 is 0 Å². The van der Waals surface area contributed by atoms with E-state index in [1.807, 2.05) is 0 Å². The Morgan fingerprint density at radius 1 is 1.18 bits per heavy atom. The summed E-state index contributed by atoms with van der Waals surface area (Å²) in [7, 11) is 0. The lowest BCUT2D eigenvalue weighted by atomic mass is 9.97. The number of rotatable bonds is 5. The molecule has 34 heavy (non-hydrogen) atoms.